The van der Waals surface area contributed by atoms with Gasteiger partial charge in [0.2, 0.25) is 0 Å². The van der Waals surface area contributed by atoms with Crippen molar-refractivity contribution in [1.82, 2.24) is 0 Å². The van der Waals surface area contributed by atoms with E-state index < -0.39 is 0 Å². The minimum absolute atomic E-state index is 0.0420. The summed E-state index contributed by atoms with van der Waals surface area (Å²) in [6, 6.07) is 6.30. The maximum absolute atomic E-state index is 5.83. The molecule has 0 bridgehead atoms. The summed E-state index contributed by atoms with van der Waals surface area (Å²) in [6.07, 6.45) is 0.189. The van der Waals surface area contributed by atoms with Gasteiger partial charge in [0.1, 0.15) is 12.0 Å². The second kappa shape index (κ2) is 3.14. The summed E-state index contributed by atoms with van der Waals surface area (Å²) in [5.41, 5.74) is 2.67. The third-order valence-corrected chi connectivity index (χ3v) is 3.72. The number of methoxy groups -OCH3 is 1. The Morgan fingerprint density at radius 2 is 2.25 bits per heavy atom. The molecule has 0 N–H and O–H groups in total. The standard InChI is InChI=1S/C13H17NO2/c1-13(2)10-8-9(15-3)4-5-11(10)14-6-7-16-12(13)14/h4-5,8,12H,6-7H2,1-3H3. The molecule has 1 atom stereocenters. The van der Waals surface area contributed by atoms with Gasteiger partial charge in [-0.15, -0.1) is 0 Å². The molecule has 1 unspecified atom stereocenters. The fourth-order valence-electron chi connectivity index (χ4n) is 2.86. The van der Waals surface area contributed by atoms with E-state index in [9.17, 15) is 0 Å². The molecule has 0 saturated carbocycles. The van der Waals surface area contributed by atoms with Crippen molar-refractivity contribution in [3.05, 3.63) is 23.8 Å². The van der Waals surface area contributed by atoms with E-state index in [4.69, 9.17) is 9.47 Å². The molecule has 3 heteroatoms. The van der Waals surface area contributed by atoms with Crippen LogP contribution in [0.5, 0.6) is 5.75 Å². The van der Waals surface area contributed by atoms with E-state index in [0.29, 0.717) is 0 Å². The number of benzene rings is 1. The van der Waals surface area contributed by atoms with Gasteiger partial charge in [0.05, 0.1) is 13.7 Å². The number of ether oxygens (including phenoxy) is 2. The monoisotopic (exact) mass is 219 g/mol. The highest BCUT2D eigenvalue weighted by molar-refractivity contribution is 5.65. The highest BCUT2D eigenvalue weighted by atomic mass is 16.5. The van der Waals surface area contributed by atoms with E-state index in [-0.39, 0.29) is 11.6 Å². The molecule has 0 aromatic heterocycles. The highest BCUT2D eigenvalue weighted by Gasteiger charge is 2.48. The lowest BCUT2D eigenvalue weighted by atomic mass is 9.85. The second-order valence-corrected chi connectivity index (χ2v) is 5.02. The van der Waals surface area contributed by atoms with Crippen molar-refractivity contribution in [2.45, 2.75) is 25.5 Å². The minimum atomic E-state index is 0.0420. The molecule has 86 valence electrons. The average molecular weight is 219 g/mol. The molecule has 0 aliphatic carbocycles. The van der Waals surface area contributed by atoms with E-state index >= 15 is 0 Å². The number of nitrogens with zero attached hydrogens (tertiary/aromatic N) is 1. The van der Waals surface area contributed by atoms with Crippen molar-refractivity contribution in [2.75, 3.05) is 25.2 Å². The molecule has 0 amide bonds. The molecule has 1 fully saturated rings. The van der Waals surface area contributed by atoms with Crippen LogP contribution in [0.15, 0.2) is 18.2 Å². The summed E-state index contributed by atoms with van der Waals surface area (Å²) >= 11 is 0. The Labute approximate surface area is 96.0 Å². The van der Waals surface area contributed by atoms with Crippen LogP contribution in [0, 0.1) is 0 Å². The second-order valence-electron chi connectivity index (χ2n) is 5.02. The molecule has 3 rings (SSSR count). The van der Waals surface area contributed by atoms with E-state index in [0.717, 1.165) is 18.9 Å². The van der Waals surface area contributed by atoms with Crippen molar-refractivity contribution >= 4 is 5.69 Å². The predicted octanol–water partition coefficient (Wildman–Crippen LogP) is 2.15. The zero-order valence-electron chi connectivity index (χ0n) is 9.99. The predicted molar refractivity (Wildman–Crippen MR) is 63.1 cm³/mol. The molecular formula is C13H17NO2. The molecule has 0 spiro atoms. The Morgan fingerprint density at radius 3 is 3.00 bits per heavy atom. The first kappa shape index (κ1) is 9.97. The maximum Gasteiger partial charge on any atom is 0.139 e. The molecule has 2 aliphatic rings. The fourth-order valence-corrected chi connectivity index (χ4v) is 2.86. The molecule has 2 heterocycles. The zero-order valence-corrected chi connectivity index (χ0v) is 9.99. The zero-order chi connectivity index (χ0) is 11.3. The molecule has 2 aliphatic heterocycles. The molecule has 1 saturated heterocycles. The lowest BCUT2D eigenvalue weighted by Gasteiger charge is -2.27. The third kappa shape index (κ3) is 1.12. The summed E-state index contributed by atoms with van der Waals surface area (Å²) in [6.45, 7) is 6.30. The Kier molecular flexibility index (Phi) is 1.96. The topological polar surface area (TPSA) is 21.7 Å². The van der Waals surface area contributed by atoms with Gasteiger partial charge in [-0.2, -0.15) is 0 Å². The summed E-state index contributed by atoms with van der Waals surface area (Å²) in [4.78, 5) is 2.36. The van der Waals surface area contributed by atoms with E-state index in [2.05, 4.69) is 30.9 Å². The van der Waals surface area contributed by atoms with Gasteiger partial charge in [-0.1, -0.05) is 13.8 Å². The van der Waals surface area contributed by atoms with Gasteiger partial charge in [-0.05, 0) is 23.8 Å². The summed E-state index contributed by atoms with van der Waals surface area (Å²) in [5.74, 6) is 0.924. The Morgan fingerprint density at radius 1 is 1.44 bits per heavy atom. The van der Waals surface area contributed by atoms with Crippen molar-refractivity contribution in [2.24, 2.45) is 0 Å². The first-order valence-electron chi connectivity index (χ1n) is 5.71. The van der Waals surface area contributed by atoms with Crippen LogP contribution in [0.1, 0.15) is 19.4 Å². The van der Waals surface area contributed by atoms with Gasteiger partial charge in [0.15, 0.2) is 0 Å². The first-order valence-corrected chi connectivity index (χ1v) is 5.71. The van der Waals surface area contributed by atoms with Crippen LogP contribution >= 0.6 is 0 Å². The number of rotatable bonds is 1. The van der Waals surface area contributed by atoms with Crippen LogP contribution in [0.3, 0.4) is 0 Å². The molecule has 16 heavy (non-hydrogen) atoms. The third-order valence-electron chi connectivity index (χ3n) is 3.72. The Balaban J connectivity index is 2.14. The number of hydrogen-bond donors (Lipinski definition) is 0. The molecule has 1 aromatic carbocycles. The van der Waals surface area contributed by atoms with Crippen LogP contribution in [-0.2, 0) is 10.2 Å². The van der Waals surface area contributed by atoms with Crippen molar-refractivity contribution < 1.29 is 9.47 Å². The van der Waals surface area contributed by atoms with Crippen LogP contribution < -0.4 is 9.64 Å². The molecule has 0 radical (unpaired) electrons. The van der Waals surface area contributed by atoms with Crippen LogP contribution in [0.4, 0.5) is 5.69 Å². The van der Waals surface area contributed by atoms with Crippen molar-refractivity contribution in [3.63, 3.8) is 0 Å². The SMILES string of the molecule is COc1ccc2c(c1)C(C)(C)C1OCCN21. The molecule has 3 nitrogen and oxygen atoms in total. The van der Waals surface area contributed by atoms with Gasteiger partial charge in [-0.25, -0.2) is 0 Å². The summed E-state index contributed by atoms with van der Waals surface area (Å²) in [5, 5.41) is 0. The first-order chi connectivity index (χ1) is 7.64. The van der Waals surface area contributed by atoms with Gasteiger partial charge in [0.25, 0.3) is 0 Å². The van der Waals surface area contributed by atoms with Crippen molar-refractivity contribution in [1.29, 1.82) is 0 Å². The number of fused-ring (bicyclic) bond motifs is 3. The highest BCUT2D eigenvalue weighted by Crippen LogP contribution is 2.48. The van der Waals surface area contributed by atoms with Crippen LogP contribution in [-0.4, -0.2) is 26.5 Å². The summed E-state index contributed by atoms with van der Waals surface area (Å²) in [7, 11) is 1.71. The summed E-state index contributed by atoms with van der Waals surface area (Å²) < 4.78 is 11.1. The molecular weight excluding hydrogens is 202 g/mol. The maximum atomic E-state index is 5.83. The van der Waals surface area contributed by atoms with Gasteiger partial charge in [0, 0.05) is 17.6 Å². The molecule has 1 aromatic rings. The minimum Gasteiger partial charge on any atom is -0.497 e. The van der Waals surface area contributed by atoms with Crippen molar-refractivity contribution in [3.8, 4) is 5.75 Å². The van der Waals surface area contributed by atoms with Gasteiger partial charge < -0.3 is 14.4 Å². The Bertz CT molecular complexity index is 428. The number of anilines is 1. The van der Waals surface area contributed by atoms with Crippen LogP contribution in [0.25, 0.3) is 0 Å². The lowest BCUT2D eigenvalue weighted by molar-refractivity contribution is 0.0666. The van der Waals surface area contributed by atoms with Gasteiger partial charge in [-0.3, -0.25) is 0 Å². The normalized spacial score (nSPS) is 25.4. The van der Waals surface area contributed by atoms with E-state index in [1.165, 1.54) is 11.3 Å². The largest absolute Gasteiger partial charge is 0.497 e. The van der Waals surface area contributed by atoms with Gasteiger partial charge >= 0.3 is 0 Å². The lowest BCUT2D eigenvalue weighted by Crippen LogP contribution is -2.37. The Hall–Kier alpha value is -1.22. The quantitative estimate of drug-likeness (QED) is 0.722. The number of hydrogen-bond acceptors (Lipinski definition) is 3. The smallest absolute Gasteiger partial charge is 0.139 e. The van der Waals surface area contributed by atoms with E-state index in [1.807, 2.05) is 6.07 Å². The van der Waals surface area contributed by atoms with Crippen LogP contribution in [0.2, 0.25) is 0 Å². The van der Waals surface area contributed by atoms with E-state index in [1.54, 1.807) is 7.11 Å². The fraction of sp³-hybridized carbons (Fsp3) is 0.538. The average Bonchev–Trinajstić information content (AvgIpc) is 2.83.